The first kappa shape index (κ1) is 13.7. The van der Waals surface area contributed by atoms with Gasteiger partial charge in [-0.15, -0.1) is 0 Å². The quantitative estimate of drug-likeness (QED) is 0.858. The molecule has 0 radical (unpaired) electrons. The number of primary amides is 1. The fourth-order valence-corrected chi connectivity index (χ4v) is 2.55. The van der Waals surface area contributed by atoms with Crippen LogP contribution in [0.15, 0.2) is 18.2 Å². The molecule has 0 bridgehead atoms. The maximum absolute atomic E-state index is 11.6. The normalized spacial score (nSPS) is 22.8. The highest BCUT2D eigenvalue weighted by atomic mass is 16.5. The van der Waals surface area contributed by atoms with E-state index >= 15 is 0 Å². The number of hydrogen-bond donors (Lipinski definition) is 2. The van der Waals surface area contributed by atoms with E-state index in [1.807, 2.05) is 18.2 Å². The van der Waals surface area contributed by atoms with Crippen LogP contribution in [0, 0.1) is 5.92 Å². The van der Waals surface area contributed by atoms with E-state index in [2.05, 4.69) is 5.32 Å². The topological polar surface area (TPSA) is 73.6 Å². The number of carbonyl (C=O) groups excluding carboxylic acids is 1. The third-order valence-corrected chi connectivity index (χ3v) is 3.56. The lowest BCUT2D eigenvalue weighted by atomic mass is 9.85. The average molecular weight is 264 g/mol. The van der Waals surface area contributed by atoms with Crippen molar-refractivity contribution in [3.63, 3.8) is 0 Å². The van der Waals surface area contributed by atoms with Gasteiger partial charge < -0.3 is 20.5 Å². The van der Waals surface area contributed by atoms with E-state index in [0.29, 0.717) is 11.5 Å². The smallest absolute Gasteiger partial charge is 0.222 e. The molecular formula is C14H20N2O3. The summed E-state index contributed by atoms with van der Waals surface area (Å²) >= 11 is 0. The standard InChI is InChI=1S/C14H20N2O3/c1-18-10-6-9(7-11(8-10)19-2)13-12(14(15)17)4-3-5-16-13/h6-8,12-13,16H,3-5H2,1-2H3,(H2,15,17). The highest BCUT2D eigenvalue weighted by molar-refractivity contribution is 5.78. The van der Waals surface area contributed by atoms with Crippen molar-refractivity contribution in [3.05, 3.63) is 23.8 Å². The molecule has 1 aromatic carbocycles. The van der Waals surface area contributed by atoms with Crippen LogP contribution in [0.3, 0.4) is 0 Å². The van der Waals surface area contributed by atoms with Crippen molar-refractivity contribution in [2.24, 2.45) is 11.7 Å². The largest absolute Gasteiger partial charge is 0.497 e. The Morgan fingerprint density at radius 3 is 2.42 bits per heavy atom. The van der Waals surface area contributed by atoms with Crippen LogP contribution in [0.4, 0.5) is 0 Å². The fraction of sp³-hybridized carbons (Fsp3) is 0.500. The summed E-state index contributed by atoms with van der Waals surface area (Å²) in [5, 5.41) is 3.36. The second-order valence-corrected chi connectivity index (χ2v) is 4.73. The van der Waals surface area contributed by atoms with E-state index in [1.54, 1.807) is 14.2 Å². The Morgan fingerprint density at radius 2 is 1.89 bits per heavy atom. The Kier molecular flexibility index (Phi) is 4.27. The maximum atomic E-state index is 11.6. The van der Waals surface area contributed by atoms with E-state index in [1.165, 1.54) is 0 Å². The molecule has 0 saturated carbocycles. The van der Waals surface area contributed by atoms with Crippen molar-refractivity contribution in [3.8, 4) is 11.5 Å². The van der Waals surface area contributed by atoms with E-state index in [9.17, 15) is 4.79 Å². The van der Waals surface area contributed by atoms with Crippen LogP contribution in [0.25, 0.3) is 0 Å². The number of methoxy groups -OCH3 is 2. The first-order valence-electron chi connectivity index (χ1n) is 6.41. The zero-order valence-electron chi connectivity index (χ0n) is 11.3. The van der Waals surface area contributed by atoms with Gasteiger partial charge in [0.15, 0.2) is 0 Å². The number of hydrogen-bond acceptors (Lipinski definition) is 4. The van der Waals surface area contributed by atoms with Crippen molar-refractivity contribution in [1.29, 1.82) is 0 Å². The number of nitrogens with two attached hydrogens (primary N) is 1. The minimum absolute atomic E-state index is 0.0738. The summed E-state index contributed by atoms with van der Waals surface area (Å²) in [4.78, 5) is 11.6. The molecule has 1 saturated heterocycles. The summed E-state index contributed by atoms with van der Waals surface area (Å²) in [6.45, 7) is 0.883. The minimum atomic E-state index is -0.265. The van der Waals surface area contributed by atoms with Crippen LogP contribution in [0.5, 0.6) is 11.5 Å². The van der Waals surface area contributed by atoms with Gasteiger partial charge in [0.1, 0.15) is 11.5 Å². The molecule has 0 aliphatic carbocycles. The van der Waals surface area contributed by atoms with Crippen molar-refractivity contribution in [2.45, 2.75) is 18.9 Å². The van der Waals surface area contributed by atoms with Crippen LogP contribution in [0.2, 0.25) is 0 Å². The SMILES string of the molecule is COc1cc(OC)cc(C2NCCCC2C(N)=O)c1. The predicted octanol–water partition coefficient (Wildman–Crippen LogP) is 1.23. The zero-order valence-corrected chi connectivity index (χ0v) is 11.3. The second-order valence-electron chi connectivity index (χ2n) is 4.73. The number of rotatable bonds is 4. The van der Waals surface area contributed by atoms with Crippen molar-refractivity contribution >= 4 is 5.91 Å². The molecule has 1 heterocycles. The molecule has 0 aromatic heterocycles. The van der Waals surface area contributed by atoms with Gasteiger partial charge >= 0.3 is 0 Å². The number of benzene rings is 1. The van der Waals surface area contributed by atoms with Crippen LogP contribution >= 0.6 is 0 Å². The summed E-state index contributed by atoms with van der Waals surface area (Å²) in [7, 11) is 3.22. The molecular weight excluding hydrogens is 244 g/mol. The van der Waals surface area contributed by atoms with Gasteiger partial charge in [0.25, 0.3) is 0 Å². The molecule has 2 rings (SSSR count). The van der Waals surface area contributed by atoms with Gasteiger partial charge in [-0.05, 0) is 37.1 Å². The molecule has 2 unspecified atom stereocenters. The van der Waals surface area contributed by atoms with E-state index in [-0.39, 0.29) is 17.9 Å². The zero-order chi connectivity index (χ0) is 13.8. The van der Waals surface area contributed by atoms with Gasteiger partial charge in [-0.1, -0.05) is 0 Å². The molecule has 5 nitrogen and oxygen atoms in total. The van der Waals surface area contributed by atoms with E-state index in [4.69, 9.17) is 15.2 Å². The van der Waals surface area contributed by atoms with Gasteiger partial charge in [-0.25, -0.2) is 0 Å². The molecule has 2 atom stereocenters. The summed E-state index contributed by atoms with van der Waals surface area (Å²) in [6.07, 6.45) is 1.78. The highest BCUT2D eigenvalue weighted by Crippen LogP contribution is 2.33. The van der Waals surface area contributed by atoms with Crippen molar-refractivity contribution in [1.82, 2.24) is 5.32 Å². The number of nitrogens with one attached hydrogen (secondary N) is 1. The lowest BCUT2D eigenvalue weighted by molar-refractivity contribution is -0.123. The molecule has 1 amide bonds. The van der Waals surface area contributed by atoms with Crippen LogP contribution in [-0.2, 0) is 4.79 Å². The Hall–Kier alpha value is -1.75. The van der Waals surface area contributed by atoms with E-state index in [0.717, 1.165) is 24.9 Å². The number of amides is 1. The third kappa shape index (κ3) is 2.98. The summed E-state index contributed by atoms with van der Waals surface area (Å²) in [6, 6.07) is 5.57. The first-order valence-corrected chi connectivity index (χ1v) is 6.41. The fourth-order valence-electron chi connectivity index (χ4n) is 2.55. The molecule has 5 heteroatoms. The van der Waals surface area contributed by atoms with Gasteiger partial charge in [-0.2, -0.15) is 0 Å². The number of piperidine rings is 1. The molecule has 19 heavy (non-hydrogen) atoms. The molecule has 3 N–H and O–H groups in total. The Morgan fingerprint density at radius 1 is 1.26 bits per heavy atom. The Labute approximate surface area is 113 Å². The summed E-state index contributed by atoms with van der Waals surface area (Å²) in [5.74, 6) is 0.972. The first-order chi connectivity index (χ1) is 9.15. The second kappa shape index (κ2) is 5.93. The predicted molar refractivity (Wildman–Crippen MR) is 72.2 cm³/mol. The molecule has 1 aliphatic heterocycles. The molecule has 104 valence electrons. The lowest BCUT2D eigenvalue weighted by Gasteiger charge is -2.31. The van der Waals surface area contributed by atoms with Gasteiger partial charge in [0, 0.05) is 12.1 Å². The van der Waals surface area contributed by atoms with Crippen LogP contribution < -0.4 is 20.5 Å². The highest BCUT2D eigenvalue weighted by Gasteiger charge is 2.30. The number of ether oxygens (including phenoxy) is 2. The molecule has 0 spiro atoms. The van der Waals surface area contributed by atoms with Crippen molar-refractivity contribution in [2.75, 3.05) is 20.8 Å². The lowest BCUT2D eigenvalue weighted by Crippen LogP contribution is -2.40. The molecule has 1 fully saturated rings. The van der Waals surface area contributed by atoms with Gasteiger partial charge in [0.2, 0.25) is 5.91 Å². The monoisotopic (exact) mass is 264 g/mol. The summed E-state index contributed by atoms with van der Waals surface area (Å²) < 4.78 is 10.5. The van der Waals surface area contributed by atoms with Gasteiger partial charge in [0.05, 0.1) is 20.1 Å². The average Bonchev–Trinajstić information content (AvgIpc) is 2.46. The maximum Gasteiger partial charge on any atom is 0.222 e. The number of carbonyl (C=O) groups is 1. The van der Waals surface area contributed by atoms with Crippen molar-refractivity contribution < 1.29 is 14.3 Å². The Bertz CT molecular complexity index is 440. The molecule has 1 aromatic rings. The van der Waals surface area contributed by atoms with E-state index < -0.39 is 0 Å². The van der Waals surface area contributed by atoms with Gasteiger partial charge in [-0.3, -0.25) is 4.79 Å². The summed E-state index contributed by atoms with van der Waals surface area (Å²) in [5.41, 5.74) is 6.47. The molecule has 1 aliphatic rings. The Balaban J connectivity index is 2.35. The van der Waals surface area contributed by atoms with Crippen LogP contribution in [-0.4, -0.2) is 26.7 Å². The minimum Gasteiger partial charge on any atom is -0.497 e. The third-order valence-electron chi connectivity index (χ3n) is 3.56. The van der Waals surface area contributed by atoms with Crippen LogP contribution in [0.1, 0.15) is 24.4 Å².